The van der Waals surface area contributed by atoms with Crippen molar-refractivity contribution < 1.29 is 19.2 Å². The lowest BCUT2D eigenvalue weighted by molar-refractivity contribution is -0.384. The first-order valence-electron chi connectivity index (χ1n) is 9.11. The Morgan fingerprint density at radius 1 is 1.29 bits per heavy atom. The van der Waals surface area contributed by atoms with Crippen molar-refractivity contribution in [2.75, 3.05) is 44.4 Å². The summed E-state index contributed by atoms with van der Waals surface area (Å²) >= 11 is 5.11. The van der Waals surface area contributed by atoms with Crippen LogP contribution in [0.5, 0.6) is 0 Å². The molecule has 152 valence electrons. The fourth-order valence-electron chi connectivity index (χ4n) is 3.12. The van der Waals surface area contributed by atoms with E-state index in [4.69, 9.17) is 21.7 Å². The standard InChI is InChI=1S/C17H23N5O5S/c23-16(19-20-17(28)18-11-13-2-1-7-27-13)12-3-4-14(15(10-12)22(24)25)21-5-8-26-9-6-21/h3-4,10,13H,1-2,5-9,11H2,(H,19,23)(H2,18,20,28). The second-order valence-electron chi connectivity index (χ2n) is 6.48. The predicted octanol–water partition coefficient (Wildman–Crippen LogP) is 0.719. The molecule has 2 aliphatic heterocycles. The SMILES string of the molecule is O=C(NNC(=S)NCC1CCCO1)c1ccc(N2CCOCC2)c([N+](=O)[O-])c1. The van der Waals surface area contributed by atoms with Crippen molar-refractivity contribution in [1.29, 1.82) is 0 Å². The Labute approximate surface area is 167 Å². The molecule has 11 heteroatoms. The molecule has 2 heterocycles. The van der Waals surface area contributed by atoms with Gasteiger partial charge in [-0.2, -0.15) is 0 Å². The normalized spacial score (nSPS) is 19.1. The van der Waals surface area contributed by atoms with Crippen LogP contribution in [-0.2, 0) is 9.47 Å². The molecule has 0 aliphatic carbocycles. The number of ether oxygens (including phenoxy) is 2. The Morgan fingerprint density at radius 2 is 2.07 bits per heavy atom. The molecule has 3 N–H and O–H groups in total. The van der Waals surface area contributed by atoms with Crippen LogP contribution in [0, 0.1) is 10.1 Å². The molecule has 0 saturated carbocycles. The highest BCUT2D eigenvalue weighted by Crippen LogP contribution is 2.29. The highest BCUT2D eigenvalue weighted by Gasteiger charge is 2.23. The first kappa shape index (κ1) is 20.2. The minimum Gasteiger partial charge on any atom is -0.378 e. The van der Waals surface area contributed by atoms with E-state index in [1.165, 1.54) is 6.07 Å². The Morgan fingerprint density at radius 3 is 2.75 bits per heavy atom. The van der Waals surface area contributed by atoms with E-state index < -0.39 is 10.8 Å². The number of benzene rings is 1. The molecule has 0 aromatic heterocycles. The molecule has 0 radical (unpaired) electrons. The summed E-state index contributed by atoms with van der Waals surface area (Å²) in [4.78, 5) is 25.2. The molecule has 2 saturated heterocycles. The van der Waals surface area contributed by atoms with E-state index in [0.717, 1.165) is 19.4 Å². The van der Waals surface area contributed by atoms with Gasteiger partial charge in [-0.1, -0.05) is 0 Å². The lowest BCUT2D eigenvalue weighted by Gasteiger charge is -2.28. The highest BCUT2D eigenvalue weighted by molar-refractivity contribution is 7.80. The zero-order valence-corrected chi connectivity index (χ0v) is 16.1. The Balaban J connectivity index is 1.57. The van der Waals surface area contributed by atoms with Gasteiger partial charge in [-0.25, -0.2) is 0 Å². The van der Waals surface area contributed by atoms with E-state index in [9.17, 15) is 14.9 Å². The van der Waals surface area contributed by atoms with Crippen LogP contribution in [0.2, 0.25) is 0 Å². The molecule has 1 unspecified atom stereocenters. The summed E-state index contributed by atoms with van der Waals surface area (Å²) in [6, 6.07) is 4.41. The van der Waals surface area contributed by atoms with Gasteiger partial charge in [0.25, 0.3) is 11.6 Å². The smallest absolute Gasteiger partial charge is 0.293 e. The fraction of sp³-hybridized carbons (Fsp3) is 0.529. The monoisotopic (exact) mass is 409 g/mol. The van der Waals surface area contributed by atoms with Gasteiger partial charge in [0.15, 0.2) is 5.11 Å². The lowest BCUT2D eigenvalue weighted by Crippen LogP contribution is -2.48. The number of thiocarbonyl (C=S) groups is 1. The lowest BCUT2D eigenvalue weighted by atomic mass is 10.1. The molecule has 1 amide bonds. The molecule has 10 nitrogen and oxygen atoms in total. The van der Waals surface area contributed by atoms with Gasteiger partial charge >= 0.3 is 0 Å². The summed E-state index contributed by atoms with van der Waals surface area (Å²) in [7, 11) is 0. The third-order valence-corrected chi connectivity index (χ3v) is 4.84. The van der Waals surface area contributed by atoms with Crippen LogP contribution in [0.1, 0.15) is 23.2 Å². The quantitative estimate of drug-likeness (QED) is 0.367. The molecule has 3 rings (SSSR count). The average molecular weight is 409 g/mol. The first-order valence-corrected chi connectivity index (χ1v) is 9.52. The maximum atomic E-state index is 12.3. The molecule has 1 aromatic rings. The first-order chi connectivity index (χ1) is 13.5. The van der Waals surface area contributed by atoms with E-state index in [-0.39, 0.29) is 22.5 Å². The van der Waals surface area contributed by atoms with Crippen LogP contribution < -0.4 is 21.1 Å². The van der Waals surface area contributed by atoms with Gasteiger partial charge in [0.1, 0.15) is 5.69 Å². The molecule has 2 fully saturated rings. The predicted molar refractivity (Wildman–Crippen MR) is 106 cm³/mol. The van der Waals surface area contributed by atoms with E-state index in [2.05, 4.69) is 16.2 Å². The van der Waals surface area contributed by atoms with Gasteiger partial charge in [0.2, 0.25) is 0 Å². The number of carbonyl (C=O) groups excluding carboxylic acids is 1. The van der Waals surface area contributed by atoms with Crippen molar-refractivity contribution in [3.8, 4) is 0 Å². The number of hydrogen-bond donors (Lipinski definition) is 3. The van der Waals surface area contributed by atoms with Crippen LogP contribution in [0.3, 0.4) is 0 Å². The largest absolute Gasteiger partial charge is 0.378 e. The maximum absolute atomic E-state index is 12.3. The van der Waals surface area contributed by atoms with Gasteiger partial charge < -0.3 is 19.7 Å². The van der Waals surface area contributed by atoms with Gasteiger partial charge in [-0.05, 0) is 37.2 Å². The minimum absolute atomic E-state index is 0.117. The zero-order chi connectivity index (χ0) is 19.9. The summed E-state index contributed by atoms with van der Waals surface area (Å²) < 4.78 is 10.8. The molecule has 0 bridgehead atoms. The van der Waals surface area contributed by atoms with Gasteiger partial charge in [-0.15, -0.1) is 0 Å². The number of nitro benzene ring substituents is 1. The molecule has 0 spiro atoms. The van der Waals surface area contributed by atoms with Crippen molar-refractivity contribution in [3.05, 3.63) is 33.9 Å². The topological polar surface area (TPSA) is 118 Å². The number of hydrogen-bond acceptors (Lipinski definition) is 7. The molecular weight excluding hydrogens is 386 g/mol. The summed E-state index contributed by atoms with van der Waals surface area (Å²) in [5.41, 5.74) is 5.58. The Hall–Kier alpha value is -2.50. The third-order valence-electron chi connectivity index (χ3n) is 4.59. The summed E-state index contributed by atoms with van der Waals surface area (Å²) in [5, 5.41) is 14.7. The van der Waals surface area contributed by atoms with E-state index >= 15 is 0 Å². The van der Waals surface area contributed by atoms with Crippen molar-refractivity contribution in [1.82, 2.24) is 16.2 Å². The summed E-state index contributed by atoms with van der Waals surface area (Å²) in [5.74, 6) is -0.516. The number of hydrazine groups is 1. The van der Waals surface area contributed by atoms with Crippen LogP contribution in [0.15, 0.2) is 18.2 Å². The van der Waals surface area contributed by atoms with Gasteiger partial charge in [0, 0.05) is 37.9 Å². The van der Waals surface area contributed by atoms with Crippen LogP contribution >= 0.6 is 12.2 Å². The van der Waals surface area contributed by atoms with Crippen molar-refractivity contribution >= 4 is 34.6 Å². The molecule has 28 heavy (non-hydrogen) atoms. The third kappa shape index (κ3) is 5.27. The minimum atomic E-state index is -0.516. The summed E-state index contributed by atoms with van der Waals surface area (Å²) in [6.45, 7) is 3.47. The van der Waals surface area contributed by atoms with Crippen molar-refractivity contribution in [3.63, 3.8) is 0 Å². The second-order valence-corrected chi connectivity index (χ2v) is 6.89. The average Bonchev–Trinajstić information content (AvgIpc) is 3.24. The highest BCUT2D eigenvalue weighted by atomic mass is 32.1. The van der Waals surface area contributed by atoms with Gasteiger partial charge in [0.05, 0.1) is 24.2 Å². The zero-order valence-electron chi connectivity index (χ0n) is 15.3. The Kier molecular flexibility index (Phi) is 6.95. The molecule has 1 atom stereocenters. The maximum Gasteiger partial charge on any atom is 0.293 e. The molecule has 2 aliphatic rings. The molecule has 1 aromatic carbocycles. The Bertz CT molecular complexity index is 735. The number of carbonyl (C=O) groups is 1. The number of nitrogens with one attached hydrogen (secondary N) is 3. The van der Waals surface area contributed by atoms with Crippen LogP contribution in [0.25, 0.3) is 0 Å². The van der Waals surface area contributed by atoms with Crippen LogP contribution in [-0.4, -0.2) is 61.5 Å². The summed E-state index contributed by atoms with van der Waals surface area (Å²) in [6.07, 6.45) is 2.12. The van der Waals surface area contributed by atoms with E-state index in [1.807, 2.05) is 4.90 Å². The number of nitrogens with zero attached hydrogens (tertiary/aromatic N) is 2. The number of rotatable bonds is 5. The van der Waals surface area contributed by atoms with Crippen molar-refractivity contribution in [2.24, 2.45) is 0 Å². The number of nitro groups is 1. The number of anilines is 1. The van der Waals surface area contributed by atoms with E-state index in [0.29, 0.717) is 38.5 Å². The van der Waals surface area contributed by atoms with E-state index in [1.54, 1.807) is 12.1 Å². The van der Waals surface area contributed by atoms with Gasteiger partial charge in [-0.3, -0.25) is 25.8 Å². The number of morpholine rings is 1. The molecular formula is C17H23N5O5S. The van der Waals surface area contributed by atoms with Crippen LogP contribution in [0.4, 0.5) is 11.4 Å². The second kappa shape index (κ2) is 9.62. The van der Waals surface area contributed by atoms with Crippen molar-refractivity contribution in [2.45, 2.75) is 18.9 Å². The number of amides is 1. The fourth-order valence-corrected chi connectivity index (χ4v) is 3.26.